The van der Waals surface area contributed by atoms with Crippen molar-refractivity contribution in [1.29, 1.82) is 0 Å². The number of hydrogen-bond donors (Lipinski definition) is 3. The van der Waals surface area contributed by atoms with Gasteiger partial charge in [-0.3, -0.25) is 9.59 Å². The summed E-state index contributed by atoms with van der Waals surface area (Å²) < 4.78 is 0. The lowest BCUT2D eigenvalue weighted by atomic mass is 9.85. The van der Waals surface area contributed by atoms with Crippen LogP contribution >= 0.6 is 0 Å². The second-order valence-corrected chi connectivity index (χ2v) is 7.02. The number of nitrogens with one attached hydrogen (secondary N) is 3. The highest BCUT2D eigenvalue weighted by atomic mass is 16.2. The maximum Gasteiger partial charge on any atom is 0.251 e. The first-order chi connectivity index (χ1) is 11.6. The Morgan fingerprint density at radius 3 is 2.54 bits per heavy atom. The van der Waals surface area contributed by atoms with Crippen LogP contribution in [0.25, 0.3) is 0 Å². The summed E-state index contributed by atoms with van der Waals surface area (Å²) in [6.07, 6.45) is 5.96. The van der Waals surface area contributed by atoms with Crippen molar-refractivity contribution in [1.82, 2.24) is 16.0 Å². The average molecular weight is 329 g/mol. The summed E-state index contributed by atoms with van der Waals surface area (Å²) in [5.74, 6) is 0.624. The number of carbonyl (C=O) groups is 2. The normalized spacial score (nSPS) is 25.8. The minimum absolute atomic E-state index is 0.0639. The van der Waals surface area contributed by atoms with E-state index in [1.54, 1.807) is 0 Å². The highest BCUT2D eigenvalue weighted by molar-refractivity contribution is 5.94. The summed E-state index contributed by atoms with van der Waals surface area (Å²) in [6, 6.07) is 7.92. The van der Waals surface area contributed by atoms with Gasteiger partial charge in [-0.2, -0.15) is 0 Å². The fraction of sp³-hybridized carbons (Fsp3) is 0.579. The molecule has 130 valence electrons. The quantitative estimate of drug-likeness (QED) is 0.721. The molecule has 1 saturated heterocycles. The van der Waals surface area contributed by atoms with Crippen LogP contribution in [0.15, 0.2) is 24.3 Å². The van der Waals surface area contributed by atoms with Crippen molar-refractivity contribution in [2.24, 2.45) is 5.92 Å². The smallest absolute Gasteiger partial charge is 0.251 e. The number of amides is 2. The molecule has 2 aliphatic rings. The van der Waals surface area contributed by atoms with E-state index in [0.29, 0.717) is 30.6 Å². The summed E-state index contributed by atoms with van der Waals surface area (Å²) in [6.45, 7) is 2.90. The van der Waals surface area contributed by atoms with Crippen LogP contribution in [0, 0.1) is 12.8 Å². The molecule has 1 saturated carbocycles. The molecule has 0 spiro atoms. The standard InChI is InChI=1S/C19H27N3O2/c1-13-6-8-14(9-7-13)18(23)20-10-11-21-19(24)17-12-15-4-2-3-5-16(15)22-17/h6-9,15-17,22H,2-5,10-12H2,1H3,(H,20,23)(H,21,24). The molecule has 1 aromatic carbocycles. The molecule has 1 aliphatic heterocycles. The number of rotatable bonds is 5. The molecule has 0 radical (unpaired) electrons. The number of hydrogen-bond acceptors (Lipinski definition) is 3. The number of fused-ring (bicyclic) bond motifs is 1. The van der Waals surface area contributed by atoms with E-state index in [2.05, 4.69) is 16.0 Å². The van der Waals surface area contributed by atoms with Crippen LogP contribution in [0.5, 0.6) is 0 Å². The predicted molar refractivity (Wildman–Crippen MR) is 93.8 cm³/mol. The molecule has 3 atom stereocenters. The molecule has 3 N–H and O–H groups in total. The van der Waals surface area contributed by atoms with Crippen molar-refractivity contribution >= 4 is 11.8 Å². The van der Waals surface area contributed by atoms with Gasteiger partial charge in [-0.1, -0.05) is 30.5 Å². The fourth-order valence-corrected chi connectivity index (χ4v) is 3.81. The predicted octanol–water partition coefficient (Wildman–Crippen LogP) is 1.76. The van der Waals surface area contributed by atoms with Gasteiger partial charge in [0, 0.05) is 24.7 Å². The van der Waals surface area contributed by atoms with Gasteiger partial charge >= 0.3 is 0 Å². The Morgan fingerprint density at radius 1 is 1.08 bits per heavy atom. The van der Waals surface area contributed by atoms with Crippen molar-refractivity contribution in [3.63, 3.8) is 0 Å². The molecule has 1 aromatic rings. The zero-order chi connectivity index (χ0) is 16.9. The first kappa shape index (κ1) is 17.0. The number of carbonyl (C=O) groups excluding carboxylic acids is 2. The Morgan fingerprint density at radius 2 is 1.79 bits per heavy atom. The van der Waals surface area contributed by atoms with Crippen LogP contribution in [0.2, 0.25) is 0 Å². The molecule has 1 aliphatic carbocycles. The van der Waals surface area contributed by atoms with Crippen LogP contribution < -0.4 is 16.0 Å². The summed E-state index contributed by atoms with van der Waals surface area (Å²) in [4.78, 5) is 24.2. The molecular weight excluding hydrogens is 302 g/mol. The third kappa shape index (κ3) is 4.15. The highest BCUT2D eigenvalue weighted by Crippen LogP contribution is 2.33. The Hall–Kier alpha value is -1.88. The van der Waals surface area contributed by atoms with E-state index < -0.39 is 0 Å². The third-order valence-electron chi connectivity index (χ3n) is 5.20. The molecule has 24 heavy (non-hydrogen) atoms. The van der Waals surface area contributed by atoms with Gasteiger partial charge in [-0.25, -0.2) is 0 Å². The average Bonchev–Trinajstić information content (AvgIpc) is 3.03. The van der Waals surface area contributed by atoms with Gasteiger partial charge in [0.15, 0.2) is 0 Å². The van der Waals surface area contributed by atoms with E-state index in [1.165, 1.54) is 25.7 Å². The topological polar surface area (TPSA) is 70.2 Å². The Balaban J connectivity index is 1.36. The van der Waals surface area contributed by atoms with E-state index in [1.807, 2.05) is 31.2 Å². The number of benzene rings is 1. The van der Waals surface area contributed by atoms with Gasteiger partial charge in [0.25, 0.3) is 5.91 Å². The van der Waals surface area contributed by atoms with Gasteiger partial charge in [-0.15, -0.1) is 0 Å². The van der Waals surface area contributed by atoms with E-state index in [-0.39, 0.29) is 17.9 Å². The second kappa shape index (κ2) is 7.79. The van der Waals surface area contributed by atoms with Gasteiger partial charge < -0.3 is 16.0 Å². The van der Waals surface area contributed by atoms with Gasteiger partial charge in [0.2, 0.25) is 5.91 Å². The minimum atomic E-state index is -0.103. The summed E-state index contributed by atoms with van der Waals surface area (Å²) >= 11 is 0. The lowest BCUT2D eigenvalue weighted by molar-refractivity contribution is -0.122. The van der Waals surface area contributed by atoms with Crippen molar-refractivity contribution in [2.45, 2.75) is 51.1 Å². The molecule has 5 nitrogen and oxygen atoms in total. The molecule has 0 bridgehead atoms. The first-order valence-electron chi connectivity index (χ1n) is 9.02. The van der Waals surface area contributed by atoms with Crippen molar-refractivity contribution in [3.05, 3.63) is 35.4 Å². The summed E-state index contributed by atoms with van der Waals surface area (Å²) in [7, 11) is 0. The Kier molecular flexibility index (Phi) is 5.51. The van der Waals surface area contributed by atoms with Gasteiger partial charge in [-0.05, 0) is 44.2 Å². The van der Waals surface area contributed by atoms with Gasteiger partial charge in [0.05, 0.1) is 6.04 Å². The SMILES string of the molecule is Cc1ccc(C(=O)NCCNC(=O)C2CC3CCCCC3N2)cc1. The molecule has 2 fully saturated rings. The van der Waals surface area contributed by atoms with Crippen LogP contribution in [-0.4, -0.2) is 37.0 Å². The van der Waals surface area contributed by atoms with Crippen molar-refractivity contribution in [2.75, 3.05) is 13.1 Å². The molecule has 1 heterocycles. The lowest BCUT2D eigenvalue weighted by Gasteiger charge is -2.24. The third-order valence-corrected chi connectivity index (χ3v) is 5.20. The molecule has 5 heteroatoms. The Bertz CT molecular complexity index is 571. The van der Waals surface area contributed by atoms with Crippen molar-refractivity contribution < 1.29 is 9.59 Å². The van der Waals surface area contributed by atoms with Crippen LogP contribution in [-0.2, 0) is 4.79 Å². The molecule has 3 unspecified atom stereocenters. The van der Waals surface area contributed by atoms with E-state index in [0.717, 1.165) is 12.0 Å². The maximum atomic E-state index is 12.3. The van der Waals surface area contributed by atoms with E-state index in [4.69, 9.17) is 0 Å². The van der Waals surface area contributed by atoms with Crippen molar-refractivity contribution in [3.8, 4) is 0 Å². The van der Waals surface area contributed by atoms with Crippen LogP contribution in [0.4, 0.5) is 0 Å². The molecule has 3 rings (SSSR count). The highest BCUT2D eigenvalue weighted by Gasteiger charge is 2.37. The summed E-state index contributed by atoms with van der Waals surface area (Å²) in [5.41, 5.74) is 1.77. The van der Waals surface area contributed by atoms with E-state index in [9.17, 15) is 9.59 Å². The maximum absolute atomic E-state index is 12.3. The number of aryl methyl sites for hydroxylation is 1. The monoisotopic (exact) mass is 329 g/mol. The largest absolute Gasteiger partial charge is 0.353 e. The Labute approximate surface area is 143 Å². The molecule has 0 aromatic heterocycles. The molecular formula is C19H27N3O2. The van der Waals surface area contributed by atoms with Crippen LogP contribution in [0.3, 0.4) is 0 Å². The fourth-order valence-electron chi connectivity index (χ4n) is 3.81. The first-order valence-corrected chi connectivity index (χ1v) is 9.02. The second-order valence-electron chi connectivity index (χ2n) is 7.02. The summed E-state index contributed by atoms with van der Waals surface area (Å²) in [5, 5.41) is 9.25. The zero-order valence-electron chi connectivity index (χ0n) is 14.3. The van der Waals surface area contributed by atoms with Crippen LogP contribution in [0.1, 0.15) is 48.0 Å². The lowest BCUT2D eigenvalue weighted by Crippen LogP contribution is -2.45. The molecule has 2 amide bonds. The zero-order valence-corrected chi connectivity index (χ0v) is 14.3. The van der Waals surface area contributed by atoms with Gasteiger partial charge in [0.1, 0.15) is 0 Å². The minimum Gasteiger partial charge on any atom is -0.353 e. The van der Waals surface area contributed by atoms with E-state index >= 15 is 0 Å².